The molecule has 0 aromatic carbocycles. The zero-order valence-corrected chi connectivity index (χ0v) is 9.85. The topological polar surface area (TPSA) is 101 Å². The van der Waals surface area contributed by atoms with Crippen molar-refractivity contribution in [2.75, 3.05) is 18.1 Å². The van der Waals surface area contributed by atoms with Crippen LogP contribution < -0.4 is 0 Å². The number of ether oxygens (including phenoxy) is 1. The third-order valence-electron chi connectivity index (χ3n) is 3.03. The monoisotopic (exact) mass is 263 g/mol. The third-order valence-corrected chi connectivity index (χ3v) is 4.78. The van der Waals surface area contributed by atoms with Crippen molar-refractivity contribution < 1.29 is 27.9 Å². The Hall–Kier alpha value is -1.31. The van der Waals surface area contributed by atoms with Crippen LogP contribution in [-0.4, -0.2) is 60.7 Å². The van der Waals surface area contributed by atoms with Gasteiger partial charge in [-0.1, -0.05) is 0 Å². The average molecular weight is 263 g/mol. The summed E-state index contributed by atoms with van der Waals surface area (Å²) in [7, 11) is -3.06. The summed E-state index contributed by atoms with van der Waals surface area (Å²) in [5, 5.41) is 8.70. The zero-order valence-electron chi connectivity index (χ0n) is 9.03. The lowest BCUT2D eigenvalue weighted by Crippen LogP contribution is -2.49. The highest BCUT2D eigenvalue weighted by molar-refractivity contribution is 7.91. The van der Waals surface area contributed by atoms with Gasteiger partial charge < -0.3 is 14.7 Å². The number of cyclic esters (lactones) is 1. The lowest BCUT2D eigenvalue weighted by atomic mass is 10.1. The van der Waals surface area contributed by atoms with Crippen molar-refractivity contribution in [2.45, 2.75) is 25.0 Å². The molecule has 0 aliphatic carbocycles. The summed E-state index contributed by atoms with van der Waals surface area (Å²) in [6.07, 6.45) is -1.25. The molecule has 2 unspecified atom stereocenters. The van der Waals surface area contributed by atoms with Gasteiger partial charge in [-0.3, -0.25) is 0 Å². The van der Waals surface area contributed by atoms with Gasteiger partial charge in [0.15, 0.2) is 9.84 Å². The molecule has 17 heavy (non-hydrogen) atoms. The van der Waals surface area contributed by atoms with Crippen LogP contribution in [0.25, 0.3) is 0 Å². The van der Waals surface area contributed by atoms with Gasteiger partial charge in [-0.2, -0.15) is 0 Å². The van der Waals surface area contributed by atoms with Gasteiger partial charge in [0.1, 0.15) is 0 Å². The molecule has 2 rings (SSSR count). The van der Waals surface area contributed by atoms with Crippen molar-refractivity contribution >= 4 is 21.9 Å². The van der Waals surface area contributed by atoms with Crippen LogP contribution in [0.3, 0.4) is 0 Å². The number of carboxylic acids is 1. The first-order valence-corrected chi connectivity index (χ1v) is 7.12. The predicted octanol–water partition coefficient (Wildman–Crippen LogP) is -0.531. The number of aliphatic carboxylic acids is 1. The number of hydrogen-bond acceptors (Lipinski definition) is 5. The normalized spacial score (nSPS) is 32.2. The summed E-state index contributed by atoms with van der Waals surface area (Å²) in [5.74, 6) is -1.15. The average Bonchev–Trinajstić information content (AvgIpc) is 2.58. The third kappa shape index (κ3) is 2.51. The smallest absolute Gasteiger partial charge is 0.410 e. The quantitative estimate of drug-likeness (QED) is 0.718. The fourth-order valence-corrected chi connectivity index (χ4v) is 3.85. The maximum absolute atomic E-state index is 11.6. The van der Waals surface area contributed by atoms with E-state index in [1.54, 1.807) is 0 Å². The summed E-state index contributed by atoms with van der Waals surface area (Å²) in [5.41, 5.74) is 0. The second-order valence-corrected chi connectivity index (χ2v) is 6.48. The Morgan fingerprint density at radius 3 is 2.59 bits per heavy atom. The van der Waals surface area contributed by atoms with Gasteiger partial charge in [0, 0.05) is 19.0 Å². The number of carbonyl (C=O) groups excluding carboxylic acids is 1. The van der Waals surface area contributed by atoms with Gasteiger partial charge >= 0.3 is 12.1 Å². The maximum Gasteiger partial charge on any atom is 0.410 e. The van der Waals surface area contributed by atoms with Crippen molar-refractivity contribution in [1.29, 1.82) is 0 Å². The fraction of sp³-hybridized carbons (Fsp3) is 0.778. The number of sulfone groups is 1. The van der Waals surface area contributed by atoms with Gasteiger partial charge in [-0.05, 0) is 6.42 Å². The van der Waals surface area contributed by atoms with E-state index in [9.17, 15) is 18.0 Å². The van der Waals surface area contributed by atoms with Crippen LogP contribution >= 0.6 is 0 Å². The lowest BCUT2D eigenvalue weighted by molar-refractivity contribution is -0.149. The number of hydrogen-bond donors (Lipinski definition) is 1. The first-order chi connectivity index (χ1) is 7.89. The number of carbonyl (C=O) groups is 2. The van der Waals surface area contributed by atoms with Crippen LogP contribution in [-0.2, 0) is 19.4 Å². The molecule has 2 aliphatic heterocycles. The molecular formula is C9H13NO6S. The molecule has 0 spiro atoms. The molecule has 0 aromatic rings. The molecule has 2 saturated heterocycles. The van der Waals surface area contributed by atoms with E-state index >= 15 is 0 Å². The second kappa shape index (κ2) is 4.17. The summed E-state index contributed by atoms with van der Waals surface area (Å²) in [6, 6.07) is -0.373. The molecular weight excluding hydrogens is 250 g/mol. The summed E-state index contributed by atoms with van der Waals surface area (Å²) >= 11 is 0. The summed E-state index contributed by atoms with van der Waals surface area (Å²) in [4.78, 5) is 23.5. The molecule has 0 aromatic heterocycles. The van der Waals surface area contributed by atoms with Crippen LogP contribution in [0.2, 0.25) is 0 Å². The molecule has 96 valence electrons. The Morgan fingerprint density at radius 1 is 1.41 bits per heavy atom. The highest BCUT2D eigenvalue weighted by Gasteiger charge is 2.39. The molecule has 8 heteroatoms. The molecule has 1 N–H and O–H groups in total. The predicted molar refractivity (Wildman–Crippen MR) is 56.3 cm³/mol. The van der Waals surface area contributed by atoms with E-state index in [4.69, 9.17) is 9.84 Å². The minimum Gasteiger partial charge on any atom is -0.479 e. The molecule has 2 atom stereocenters. The van der Waals surface area contributed by atoms with Crippen molar-refractivity contribution in [2.24, 2.45) is 0 Å². The van der Waals surface area contributed by atoms with Gasteiger partial charge in [-0.25, -0.2) is 18.0 Å². The number of rotatable bonds is 2. The molecule has 0 saturated carbocycles. The van der Waals surface area contributed by atoms with Gasteiger partial charge in [0.2, 0.25) is 6.10 Å². The minimum absolute atomic E-state index is 0.0557. The van der Waals surface area contributed by atoms with Gasteiger partial charge in [0.25, 0.3) is 0 Å². The minimum atomic E-state index is -3.06. The lowest BCUT2D eigenvalue weighted by Gasteiger charge is -2.33. The summed E-state index contributed by atoms with van der Waals surface area (Å²) in [6.45, 7) is 0.232. The van der Waals surface area contributed by atoms with Crippen molar-refractivity contribution in [3.63, 3.8) is 0 Å². The Bertz CT molecular complexity index is 444. The Balaban J connectivity index is 2.01. The van der Waals surface area contributed by atoms with Crippen molar-refractivity contribution in [3.05, 3.63) is 0 Å². The van der Waals surface area contributed by atoms with E-state index in [2.05, 4.69) is 0 Å². The van der Waals surface area contributed by atoms with E-state index < -0.39 is 28.0 Å². The number of amides is 1. The van der Waals surface area contributed by atoms with E-state index in [1.165, 1.54) is 4.90 Å². The maximum atomic E-state index is 11.6. The van der Waals surface area contributed by atoms with Crippen LogP contribution in [0, 0.1) is 0 Å². The van der Waals surface area contributed by atoms with Gasteiger partial charge in [-0.15, -0.1) is 0 Å². The SMILES string of the molecule is O=C(O)C1CCN(C2CCS(=O)(=O)C2)C(=O)O1. The standard InChI is InChI=1S/C9H13NO6S/c11-8(12)7-1-3-10(9(13)16-7)6-2-4-17(14,15)5-6/h6-7H,1-5H2,(H,11,12). The first-order valence-electron chi connectivity index (χ1n) is 5.29. The molecule has 0 bridgehead atoms. The van der Waals surface area contributed by atoms with E-state index in [1.807, 2.05) is 0 Å². The highest BCUT2D eigenvalue weighted by atomic mass is 32.2. The molecule has 2 fully saturated rings. The second-order valence-electron chi connectivity index (χ2n) is 4.25. The summed E-state index contributed by atoms with van der Waals surface area (Å²) < 4.78 is 27.3. The van der Waals surface area contributed by atoms with E-state index in [0.29, 0.717) is 6.42 Å². The Kier molecular flexibility index (Phi) is 2.98. The van der Waals surface area contributed by atoms with Crippen LogP contribution in [0.1, 0.15) is 12.8 Å². The number of nitrogens with zero attached hydrogens (tertiary/aromatic N) is 1. The molecule has 2 aliphatic rings. The zero-order chi connectivity index (χ0) is 12.6. The molecule has 0 radical (unpaired) electrons. The first kappa shape index (κ1) is 12.2. The van der Waals surface area contributed by atoms with Gasteiger partial charge in [0.05, 0.1) is 11.5 Å². The molecule has 2 heterocycles. The number of carboxylic acid groups (broad SMARTS) is 1. The van der Waals surface area contributed by atoms with E-state index in [-0.39, 0.29) is 30.5 Å². The fourth-order valence-electron chi connectivity index (χ4n) is 2.12. The Morgan fingerprint density at radius 2 is 2.12 bits per heavy atom. The van der Waals surface area contributed by atoms with E-state index in [0.717, 1.165) is 0 Å². The van der Waals surface area contributed by atoms with Crippen molar-refractivity contribution in [3.8, 4) is 0 Å². The van der Waals surface area contributed by atoms with Crippen LogP contribution in [0.5, 0.6) is 0 Å². The molecule has 7 nitrogen and oxygen atoms in total. The Labute approximate surface area is 98.3 Å². The van der Waals surface area contributed by atoms with Crippen molar-refractivity contribution in [1.82, 2.24) is 4.90 Å². The largest absolute Gasteiger partial charge is 0.479 e. The molecule has 1 amide bonds. The highest BCUT2D eigenvalue weighted by Crippen LogP contribution is 2.22. The van der Waals surface area contributed by atoms with Crippen LogP contribution in [0.4, 0.5) is 4.79 Å². The van der Waals surface area contributed by atoms with Crippen LogP contribution in [0.15, 0.2) is 0 Å².